The summed E-state index contributed by atoms with van der Waals surface area (Å²) in [6, 6.07) is 2.93. The summed E-state index contributed by atoms with van der Waals surface area (Å²) >= 11 is 0. The van der Waals surface area contributed by atoms with E-state index in [1.807, 2.05) is 0 Å². The lowest BCUT2D eigenvalue weighted by Crippen LogP contribution is -2.43. The molecule has 8 heteroatoms. The maximum Gasteiger partial charge on any atom is 0.269 e. The molecule has 2 amide bonds. The largest absolute Gasteiger partial charge is 0.548 e. The molecule has 8 nitrogen and oxygen atoms in total. The molecule has 0 atom stereocenters. The van der Waals surface area contributed by atoms with Gasteiger partial charge in [-0.05, 0) is 12.1 Å². The van der Waals surface area contributed by atoms with Crippen LogP contribution >= 0.6 is 0 Å². The molecule has 0 fully saturated rings. The molecule has 0 aromatic carbocycles. The van der Waals surface area contributed by atoms with Gasteiger partial charge >= 0.3 is 0 Å². The summed E-state index contributed by atoms with van der Waals surface area (Å²) in [5.74, 6) is -2.63. The molecular formula is C10H10N3O5-. The minimum Gasteiger partial charge on any atom is -0.548 e. The van der Waals surface area contributed by atoms with Crippen LogP contribution in [0.3, 0.4) is 0 Å². The van der Waals surface area contributed by atoms with E-state index in [1.54, 1.807) is 0 Å². The second kappa shape index (κ2) is 6.97. The van der Waals surface area contributed by atoms with Gasteiger partial charge in [-0.15, -0.1) is 0 Å². The highest BCUT2D eigenvalue weighted by Crippen LogP contribution is 1.94. The van der Waals surface area contributed by atoms with Crippen molar-refractivity contribution in [2.24, 2.45) is 0 Å². The minimum atomic E-state index is -1.43. The number of hydrogen-bond donors (Lipinski definition) is 2. The third kappa shape index (κ3) is 5.03. The average Bonchev–Trinajstić information content (AvgIpc) is 2.36. The Kier molecular flexibility index (Phi) is 5.26. The molecule has 0 spiro atoms. The van der Waals surface area contributed by atoms with Gasteiger partial charge in [0, 0.05) is 18.0 Å². The van der Waals surface area contributed by atoms with Crippen molar-refractivity contribution in [2.75, 3.05) is 13.2 Å². The quantitative estimate of drug-likeness (QED) is 0.564. The maximum absolute atomic E-state index is 11.4. The molecule has 0 radical (unpaired) electrons. The number of carbonyl (C=O) groups excluding carboxylic acids is 3. The van der Waals surface area contributed by atoms with Gasteiger partial charge in [0.15, 0.2) is 0 Å². The van der Waals surface area contributed by atoms with Gasteiger partial charge in [-0.2, -0.15) is 0 Å². The van der Waals surface area contributed by atoms with Crippen LogP contribution in [0.1, 0.15) is 10.4 Å². The molecule has 2 N–H and O–H groups in total. The molecule has 18 heavy (non-hydrogen) atoms. The first-order valence-corrected chi connectivity index (χ1v) is 4.86. The van der Waals surface area contributed by atoms with Crippen molar-refractivity contribution in [1.29, 1.82) is 0 Å². The zero-order chi connectivity index (χ0) is 13.4. The number of amides is 2. The fourth-order valence-electron chi connectivity index (χ4n) is 0.965. The van der Waals surface area contributed by atoms with E-state index in [0.717, 1.165) is 0 Å². The molecule has 0 bridgehead atoms. The van der Waals surface area contributed by atoms with Crippen molar-refractivity contribution in [1.82, 2.24) is 15.8 Å². The van der Waals surface area contributed by atoms with Crippen LogP contribution in [-0.2, 0) is 14.3 Å². The van der Waals surface area contributed by atoms with E-state index in [4.69, 9.17) is 0 Å². The zero-order valence-corrected chi connectivity index (χ0v) is 9.21. The Morgan fingerprint density at radius 3 is 2.44 bits per heavy atom. The number of aromatic nitrogens is 1. The van der Waals surface area contributed by atoms with Gasteiger partial charge in [0.1, 0.15) is 6.61 Å². The molecule has 0 aliphatic carbocycles. The van der Waals surface area contributed by atoms with E-state index in [0.29, 0.717) is 5.56 Å². The summed E-state index contributed by atoms with van der Waals surface area (Å²) in [7, 11) is 0. The second-order valence-corrected chi connectivity index (χ2v) is 3.10. The Morgan fingerprint density at radius 2 is 1.83 bits per heavy atom. The fourth-order valence-corrected chi connectivity index (χ4v) is 0.965. The standard InChI is InChI=1S/C10H11N3O5/c14-8(5-18-6-9(15)16)12-13-10(17)7-1-3-11-4-2-7/h1-4H,5-6H2,(H,12,14)(H,13,17)(H,15,16)/p-1. The molecule has 0 aliphatic heterocycles. The molecule has 1 heterocycles. The van der Waals surface area contributed by atoms with Crippen LogP contribution in [0.4, 0.5) is 0 Å². The van der Waals surface area contributed by atoms with Crippen molar-refractivity contribution in [3.63, 3.8) is 0 Å². The number of aliphatic carboxylic acids is 1. The maximum atomic E-state index is 11.4. The first-order chi connectivity index (χ1) is 8.59. The summed E-state index contributed by atoms with van der Waals surface area (Å²) in [6.45, 7) is -1.18. The molecule has 0 saturated carbocycles. The lowest BCUT2D eigenvalue weighted by atomic mass is 10.3. The molecule has 1 aromatic rings. The van der Waals surface area contributed by atoms with Gasteiger partial charge in [-0.1, -0.05) is 0 Å². The summed E-state index contributed by atoms with van der Waals surface area (Å²) < 4.78 is 4.46. The number of nitrogens with one attached hydrogen (secondary N) is 2. The van der Waals surface area contributed by atoms with Crippen LogP contribution in [0.5, 0.6) is 0 Å². The van der Waals surface area contributed by atoms with E-state index in [-0.39, 0.29) is 0 Å². The van der Waals surface area contributed by atoms with Crippen molar-refractivity contribution >= 4 is 17.8 Å². The number of carboxylic acid groups (broad SMARTS) is 1. The Morgan fingerprint density at radius 1 is 1.17 bits per heavy atom. The molecule has 0 unspecified atom stereocenters. The smallest absolute Gasteiger partial charge is 0.269 e. The molecule has 1 aromatic heterocycles. The molecule has 0 aliphatic rings. The lowest BCUT2D eigenvalue weighted by Gasteiger charge is -2.08. The van der Waals surface area contributed by atoms with Crippen molar-refractivity contribution < 1.29 is 24.2 Å². The van der Waals surface area contributed by atoms with Crippen molar-refractivity contribution in [3.8, 4) is 0 Å². The first kappa shape index (κ1) is 13.6. The van der Waals surface area contributed by atoms with E-state index in [2.05, 4.69) is 20.6 Å². The first-order valence-electron chi connectivity index (χ1n) is 4.86. The van der Waals surface area contributed by atoms with Crippen LogP contribution in [-0.4, -0.2) is 36.0 Å². The predicted molar refractivity (Wildman–Crippen MR) is 55.7 cm³/mol. The summed E-state index contributed by atoms with van der Waals surface area (Å²) in [6.07, 6.45) is 2.86. The highest BCUT2D eigenvalue weighted by molar-refractivity contribution is 5.95. The Bertz CT molecular complexity index is 434. The second-order valence-electron chi connectivity index (χ2n) is 3.10. The number of carbonyl (C=O) groups is 3. The number of ether oxygens (including phenoxy) is 1. The zero-order valence-electron chi connectivity index (χ0n) is 9.21. The van der Waals surface area contributed by atoms with Crippen LogP contribution in [0, 0.1) is 0 Å². The van der Waals surface area contributed by atoms with Crippen LogP contribution in [0.15, 0.2) is 24.5 Å². The Balaban J connectivity index is 2.26. The van der Waals surface area contributed by atoms with Crippen molar-refractivity contribution in [3.05, 3.63) is 30.1 Å². The number of hydrazine groups is 1. The summed E-state index contributed by atoms with van der Waals surface area (Å²) in [4.78, 5) is 36.2. The normalized spacial score (nSPS) is 9.56. The average molecular weight is 252 g/mol. The number of nitrogens with zero attached hydrogens (tertiary/aromatic N) is 1. The SMILES string of the molecule is O=C([O-])COCC(=O)NNC(=O)c1ccncc1. The van der Waals surface area contributed by atoms with Gasteiger partial charge in [0.2, 0.25) is 0 Å². The number of hydrogen-bond acceptors (Lipinski definition) is 6. The third-order valence-electron chi connectivity index (χ3n) is 1.71. The van der Waals surface area contributed by atoms with Gasteiger partial charge in [-0.25, -0.2) is 0 Å². The number of rotatable bonds is 5. The van der Waals surface area contributed by atoms with E-state index in [1.165, 1.54) is 24.5 Å². The highest BCUT2D eigenvalue weighted by Gasteiger charge is 2.06. The monoisotopic (exact) mass is 252 g/mol. The Hall–Kier alpha value is -2.48. The highest BCUT2D eigenvalue weighted by atomic mass is 16.5. The van der Waals surface area contributed by atoms with Crippen LogP contribution < -0.4 is 16.0 Å². The predicted octanol–water partition coefficient (Wildman–Crippen LogP) is -2.39. The topological polar surface area (TPSA) is 120 Å². The van der Waals surface area contributed by atoms with Gasteiger partial charge in [-0.3, -0.25) is 25.4 Å². The van der Waals surface area contributed by atoms with Crippen molar-refractivity contribution in [2.45, 2.75) is 0 Å². The van der Waals surface area contributed by atoms with Crippen LogP contribution in [0.2, 0.25) is 0 Å². The number of pyridine rings is 1. The van der Waals surface area contributed by atoms with E-state index in [9.17, 15) is 19.5 Å². The summed E-state index contributed by atoms with van der Waals surface area (Å²) in [5, 5.41) is 9.99. The van der Waals surface area contributed by atoms with Gasteiger partial charge in [0.05, 0.1) is 12.6 Å². The number of carboxylic acids is 1. The van der Waals surface area contributed by atoms with E-state index >= 15 is 0 Å². The third-order valence-corrected chi connectivity index (χ3v) is 1.71. The van der Waals surface area contributed by atoms with Crippen LogP contribution in [0.25, 0.3) is 0 Å². The minimum absolute atomic E-state index is 0.320. The molecule has 1 rings (SSSR count). The lowest BCUT2D eigenvalue weighted by molar-refractivity contribution is -0.309. The van der Waals surface area contributed by atoms with Gasteiger partial charge < -0.3 is 14.6 Å². The molecule has 96 valence electrons. The van der Waals surface area contributed by atoms with Gasteiger partial charge in [0.25, 0.3) is 11.8 Å². The molecular weight excluding hydrogens is 242 g/mol. The van der Waals surface area contributed by atoms with E-state index < -0.39 is 31.0 Å². The molecule has 0 saturated heterocycles. The summed E-state index contributed by atoms with van der Waals surface area (Å²) in [5.41, 5.74) is 4.51. The fraction of sp³-hybridized carbons (Fsp3) is 0.200. The Labute approximate surface area is 102 Å².